The molecule has 0 unspecified atom stereocenters. The first-order valence-electron chi connectivity index (χ1n) is 7.19. The summed E-state index contributed by atoms with van der Waals surface area (Å²) in [6.45, 7) is 0.991. The number of nitrogens with one attached hydrogen (secondary N) is 2. The second kappa shape index (κ2) is 5.31. The number of fused-ring (bicyclic) bond motifs is 2. The van der Waals surface area contributed by atoms with E-state index < -0.39 is 0 Å². The Morgan fingerprint density at radius 2 is 1.91 bits per heavy atom. The van der Waals surface area contributed by atoms with Crippen LogP contribution in [-0.4, -0.2) is 24.1 Å². The Balaban J connectivity index is 1.60. The molecule has 23 heavy (non-hydrogen) atoms. The van der Waals surface area contributed by atoms with Crippen LogP contribution in [0.25, 0.3) is 10.9 Å². The highest BCUT2D eigenvalue weighted by molar-refractivity contribution is 6.06. The summed E-state index contributed by atoms with van der Waals surface area (Å²) in [5.74, 6) is 0.511. The zero-order chi connectivity index (χ0) is 15.8. The van der Waals surface area contributed by atoms with E-state index in [4.69, 9.17) is 9.47 Å². The number of aromatic amines is 1. The van der Waals surface area contributed by atoms with E-state index in [0.29, 0.717) is 47.0 Å². The van der Waals surface area contributed by atoms with Crippen LogP contribution in [0.4, 0.5) is 10.1 Å². The van der Waals surface area contributed by atoms with Crippen molar-refractivity contribution in [1.29, 1.82) is 0 Å². The number of ether oxygens (including phenoxy) is 2. The molecule has 116 valence electrons. The smallest absolute Gasteiger partial charge is 0.272 e. The maximum absolute atomic E-state index is 13.7. The Morgan fingerprint density at radius 3 is 2.74 bits per heavy atom. The Morgan fingerprint density at radius 1 is 1.09 bits per heavy atom. The van der Waals surface area contributed by atoms with E-state index in [2.05, 4.69) is 10.3 Å². The molecule has 0 radical (unpaired) electrons. The van der Waals surface area contributed by atoms with Gasteiger partial charge in [-0.05, 0) is 24.3 Å². The maximum atomic E-state index is 13.7. The summed E-state index contributed by atoms with van der Waals surface area (Å²) in [7, 11) is 0. The van der Waals surface area contributed by atoms with Crippen molar-refractivity contribution in [3.05, 3.63) is 54.0 Å². The van der Waals surface area contributed by atoms with Crippen LogP contribution in [-0.2, 0) is 0 Å². The maximum Gasteiger partial charge on any atom is 0.272 e. The topological polar surface area (TPSA) is 63.4 Å². The molecule has 2 N–H and O–H groups in total. The molecule has 0 saturated carbocycles. The number of H-pyrrole nitrogens is 1. The SMILES string of the molecule is O=C(Nc1ccc2c(c1)OCCO2)c1cc2cccc(F)c2[nH]1. The first-order chi connectivity index (χ1) is 11.2. The quantitative estimate of drug-likeness (QED) is 0.763. The molecule has 4 rings (SSSR count). The Hall–Kier alpha value is -3.02. The molecule has 0 atom stereocenters. The Kier molecular flexibility index (Phi) is 3.15. The van der Waals surface area contributed by atoms with Crippen LogP contribution >= 0.6 is 0 Å². The van der Waals surface area contributed by atoms with Crippen molar-refractivity contribution < 1.29 is 18.7 Å². The van der Waals surface area contributed by atoms with E-state index in [-0.39, 0.29) is 11.7 Å². The van der Waals surface area contributed by atoms with Gasteiger partial charge in [0, 0.05) is 17.1 Å². The van der Waals surface area contributed by atoms with Crippen molar-refractivity contribution in [2.24, 2.45) is 0 Å². The summed E-state index contributed by atoms with van der Waals surface area (Å²) in [5, 5.41) is 3.41. The third kappa shape index (κ3) is 2.48. The normalized spacial score (nSPS) is 13.1. The fourth-order valence-electron chi connectivity index (χ4n) is 2.56. The fourth-order valence-corrected chi connectivity index (χ4v) is 2.56. The molecule has 5 nitrogen and oxygen atoms in total. The number of halogens is 1. The Bertz CT molecular complexity index is 904. The minimum absolute atomic E-state index is 0.292. The van der Waals surface area contributed by atoms with Crippen molar-refractivity contribution in [3.63, 3.8) is 0 Å². The van der Waals surface area contributed by atoms with Gasteiger partial charge in [0.05, 0.1) is 5.52 Å². The van der Waals surface area contributed by atoms with Gasteiger partial charge in [0.1, 0.15) is 24.7 Å². The molecule has 6 heteroatoms. The summed E-state index contributed by atoms with van der Waals surface area (Å²) in [4.78, 5) is 15.1. The van der Waals surface area contributed by atoms with E-state index in [1.807, 2.05) is 0 Å². The van der Waals surface area contributed by atoms with Gasteiger partial charge < -0.3 is 19.8 Å². The summed E-state index contributed by atoms with van der Waals surface area (Å²) < 4.78 is 24.6. The lowest BCUT2D eigenvalue weighted by Crippen LogP contribution is -2.16. The van der Waals surface area contributed by atoms with Gasteiger partial charge >= 0.3 is 0 Å². The van der Waals surface area contributed by atoms with E-state index in [0.717, 1.165) is 0 Å². The van der Waals surface area contributed by atoms with Crippen LogP contribution in [0.5, 0.6) is 11.5 Å². The van der Waals surface area contributed by atoms with Gasteiger partial charge in [-0.25, -0.2) is 4.39 Å². The van der Waals surface area contributed by atoms with Gasteiger partial charge in [0.15, 0.2) is 11.5 Å². The highest BCUT2D eigenvalue weighted by atomic mass is 19.1. The van der Waals surface area contributed by atoms with Crippen molar-refractivity contribution in [2.75, 3.05) is 18.5 Å². The minimum Gasteiger partial charge on any atom is -0.486 e. The summed E-state index contributed by atoms with van der Waals surface area (Å²) in [6.07, 6.45) is 0. The van der Waals surface area contributed by atoms with Crippen molar-refractivity contribution in [1.82, 2.24) is 4.98 Å². The highest BCUT2D eigenvalue weighted by Crippen LogP contribution is 2.32. The number of amides is 1. The number of aromatic nitrogens is 1. The molecule has 0 fully saturated rings. The van der Waals surface area contributed by atoms with Crippen molar-refractivity contribution >= 4 is 22.5 Å². The number of carbonyl (C=O) groups is 1. The minimum atomic E-state index is -0.388. The number of benzene rings is 2. The lowest BCUT2D eigenvalue weighted by Gasteiger charge is -2.18. The zero-order valence-corrected chi connectivity index (χ0v) is 12.1. The predicted molar refractivity (Wildman–Crippen MR) is 83.6 cm³/mol. The van der Waals surface area contributed by atoms with E-state index in [1.165, 1.54) is 6.07 Å². The second-order valence-corrected chi connectivity index (χ2v) is 5.20. The Labute approximate surface area is 131 Å². The molecule has 0 aliphatic carbocycles. The molecule has 1 aliphatic heterocycles. The molecule has 1 amide bonds. The molecule has 0 saturated heterocycles. The number of hydrogen-bond donors (Lipinski definition) is 2. The third-order valence-corrected chi connectivity index (χ3v) is 3.65. The molecule has 0 spiro atoms. The summed E-state index contributed by atoms with van der Waals surface area (Å²) in [5.41, 5.74) is 1.19. The number of para-hydroxylation sites is 1. The number of rotatable bonds is 2. The highest BCUT2D eigenvalue weighted by Gasteiger charge is 2.15. The van der Waals surface area contributed by atoms with Crippen molar-refractivity contribution in [3.8, 4) is 11.5 Å². The summed E-state index contributed by atoms with van der Waals surface area (Å²) in [6, 6.07) is 11.5. The fraction of sp³-hybridized carbons (Fsp3) is 0.118. The lowest BCUT2D eigenvalue weighted by molar-refractivity contribution is 0.102. The van der Waals surface area contributed by atoms with Gasteiger partial charge in [-0.2, -0.15) is 0 Å². The first-order valence-corrected chi connectivity index (χ1v) is 7.19. The second-order valence-electron chi connectivity index (χ2n) is 5.20. The van der Waals surface area contributed by atoms with E-state index in [9.17, 15) is 9.18 Å². The van der Waals surface area contributed by atoms with Crippen LogP contribution < -0.4 is 14.8 Å². The first kappa shape index (κ1) is 13.6. The largest absolute Gasteiger partial charge is 0.486 e. The molecule has 0 bridgehead atoms. The van der Waals surface area contributed by atoms with Crippen LogP contribution in [0, 0.1) is 5.82 Å². The van der Waals surface area contributed by atoms with Crippen molar-refractivity contribution in [2.45, 2.75) is 0 Å². The molecule has 2 aromatic carbocycles. The van der Waals surface area contributed by atoms with Gasteiger partial charge in [-0.3, -0.25) is 4.79 Å². The predicted octanol–water partition coefficient (Wildman–Crippen LogP) is 3.33. The number of hydrogen-bond acceptors (Lipinski definition) is 3. The number of carbonyl (C=O) groups excluding carboxylic acids is 1. The molecular weight excluding hydrogens is 299 g/mol. The number of anilines is 1. The zero-order valence-electron chi connectivity index (χ0n) is 12.1. The van der Waals surface area contributed by atoms with Gasteiger partial charge in [0.25, 0.3) is 5.91 Å². The summed E-state index contributed by atoms with van der Waals surface area (Å²) >= 11 is 0. The molecular formula is C17H13FN2O3. The van der Waals surface area contributed by atoms with Crippen LogP contribution in [0.2, 0.25) is 0 Å². The standard InChI is InChI=1S/C17H13FN2O3/c18-12-3-1-2-10-8-13(20-16(10)12)17(21)19-11-4-5-14-15(9-11)23-7-6-22-14/h1-5,8-9,20H,6-7H2,(H,19,21). The monoisotopic (exact) mass is 312 g/mol. The van der Waals surface area contributed by atoms with Gasteiger partial charge in [-0.15, -0.1) is 0 Å². The third-order valence-electron chi connectivity index (χ3n) is 3.65. The lowest BCUT2D eigenvalue weighted by atomic mass is 10.2. The van der Waals surface area contributed by atoms with Gasteiger partial charge in [0.2, 0.25) is 0 Å². The van der Waals surface area contributed by atoms with E-state index >= 15 is 0 Å². The van der Waals surface area contributed by atoms with Crippen LogP contribution in [0.15, 0.2) is 42.5 Å². The van der Waals surface area contributed by atoms with Crippen LogP contribution in [0.1, 0.15) is 10.5 Å². The molecule has 2 heterocycles. The molecule has 1 aliphatic rings. The average molecular weight is 312 g/mol. The van der Waals surface area contributed by atoms with Crippen LogP contribution in [0.3, 0.4) is 0 Å². The van der Waals surface area contributed by atoms with E-state index in [1.54, 1.807) is 36.4 Å². The average Bonchev–Trinajstić information content (AvgIpc) is 3.01. The van der Waals surface area contributed by atoms with Gasteiger partial charge in [-0.1, -0.05) is 12.1 Å². The molecule has 1 aromatic heterocycles. The molecule has 3 aromatic rings.